The molecule has 0 fully saturated rings. The van der Waals surface area contributed by atoms with E-state index in [-0.39, 0.29) is 0 Å². The lowest BCUT2D eigenvalue weighted by molar-refractivity contribution is -0.118. The Bertz CT molecular complexity index is 1120. The smallest absolute Gasteiger partial charge is 0.469 e. The van der Waals surface area contributed by atoms with E-state index in [4.69, 9.17) is 20.3 Å². The van der Waals surface area contributed by atoms with Gasteiger partial charge in [-0.25, -0.2) is 4.57 Å². The van der Waals surface area contributed by atoms with Gasteiger partial charge in [0.1, 0.15) is 11.8 Å². The summed E-state index contributed by atoms with van der Waals surface area (Å²) in [6.45, 7) is -0.135. The molecule has 0 spiro atoms. The van der Waals surface area contributed by atoms with Crippen LogP contribution in [-0.2, 0) is 20.3 Å². The minimum Gasteiger partial charge on any atom is -0.492 e. The summed E-state index contributed by atoms with van der Waals surface area (Å²) < 4.78 is 21.5. The number of nitrogens with one attached hydrogen (secondary N) is 1. The van der Waals surface area contributed by atoms with Crippen LogP contribution in [0.4, 0.5) is 5.69 Å². The van der Waals surface area contributed by atoms with Crippen LogP contribution in [0, 0.1) is 0 Å². The third-order valence-electron chi connectivity index (χ3n) is 4.67. The molecule has 0 aliphatic heterocycles. The molecule has 0 saturated carbocycles. The monoisotopic (exact) mass is 534 g/mol. The van der Waals surface area contributed by atoms with Crippen molar-refractivity contribution >= 4 is 35.3 Å². The number of benzene rings is 3. The van der Waals surface area contributed by atoms with E-state index in [9.17, 15) is 9.36 Å². The SMILES string of the molecule is N[C@@H](COP(=O)(O)O)C(=O)Nc1ccc(OCCc2ccc(-c3ccccc3)cc2)c(Br)c1. The Labute approximate surface area is 200 Å². The van der Waals surface area contributed by atoms with E-state index in [0.29, 0.717) is 22.5 Å². The van der Waals surface area contributed by atoms with Crippen LogP contribution in [0.2, 0.25) is 0 Å². The minimum absolute atomic E-state index is 0.447. The first-order valence-corrected chi connectivity index (χ1v) is 12.4. The fourth-order valence-corrected chi connectivity index (χ4v) is 3.81. The number of carbonyl (C=O) groups is 1. The first kappa shape index (κ1) is 25.1. The number of carbonyl (C=O) groups excluding carboxylic acids is 1. The zero-order chi connectivity index (χ0) is 23.8. The van der Waals surface area contributed by atoms with Gasteiger partial charge in [0.05, 0.1) is 17.7 Å². The number of hydrogen-bond donors (Lipinski definition) is 4. The number of amides is 1. The molecule has 1 atom stereocenters. The van der Waals surface area contributed by atoms with Crippen LogP contribution in [0.3, 0.4) is 0 Å². The molecule has 3 aromatic rings. The van der Waals surface area contributed by atoms with Gasteiger partial charge in [0.25, 0.3) is 0 Å². The summed E-state index contributed by atoms with van der Waals surface area (Å²) in [4.78, 5) is 29.4. The van der Waals surface area contributed by atoms with Gasteiger partial charge < -0.3 is 25.6 Å². The van der Waals surface area contributed by atoms with E-state index in [1.54, 1.807) is 18.2 Å². The van der Waals surface area contributed by atoms with E-state index in [1.165, 1.54) is 5.56 Å². The van der Waals surface area contributed by atoms with Crippen molar-refractivity contribution in [3.05, 3.63) is 82.8 Å². The van der Waals surface area contributed by atoms with Gasteiger partial charge in [0.15, 0.2) is 0 Å². The molecule has 0 radical (unpaired) electrons. The minimum atomic E-state index is -4.69. The van der Waals surface area contributed by atoms with Crippen LogP contribution in [0.5, 0.6) is 5.75 Å². The van der Waals surface area contributed by atoms with Gasteiger partial charge in [0.2, 0.25) is 5.91 Å². The molecule has 0 bridgehead atoms. The molecule has 10 heteroatoms. The second-order valence-electron chi connectivity index (χ2n) is 7.19. The fourth-order valence-electron chi connectivity index (χ4n) is 2.96. The summed E-state index contributed by atoms with van der Waals surface area (Å²) in [5.41, 5.74) is 9.52. The van der Waals surface area contributed by atoms with Gasteiger partial charge in [0, 0.05) is 12.1 Å². The van der Waals surface area contributed by atoms with E-state index in [2.05, 4.69) is 62.2 Å². The highest BCUT2D eigenvalue weighted by Crippen LogP contribution is 2.35. The predicted molar refractivity (Wildman–Crippen MR) is 130 cm³/mol. The Hall–Kier alpha value is -2.52. The van der Waals surface area contributed by atoms with E-state index in [1.807, 2.05) is 18.2 Å². The molecule has 3 aromatic carbocycles. The van der Waals surface area contributed by atoms with Crippen LogP contribution in [0.1, 0.15) is 5.56 Å². The van der Waals surface area contributed by atoms with Gasteiger partial charge in [-0.05, 0) is 50.8 Å². The molecule has 0 heterocycles. The number of anilines is 1. The van der Waals surface area contributed by atoms with Gasteiger partial charge >= 0.3 is 7.82 Å². The summed E-state index contributed by atoms with van der Waals surface area (Å²) in [6, 6.07) is 22.3. The molecule has 0 unspecified atom stereocenters. The molecule has 0 aliphatic rings. The van der Waals surface area contributed by atoms with E-state index >= 15 is 0 Å². The first-order valence-electron chi connectivity index (χ1n) is 10.0. The summed E-state index contributed by atoms with van der Waals surface area (Å²) >= 11 is 3.42. The van der Waals surface area contributed by atoms with Gasteiger partial charge in [-0.3, -0.25) is 9.32 Å². The molecular weight excluding hydrogens is 511 g/mol. The zero-order valence-electron chi connectivity index (χ0n) is 17.6. The maximum atomic E-state index is 12.1. The standard InChI is InChI=1S/C23H24BrN2O6P/c24-20-14-19(26-23(27)21(25)15-32-33(28,29)30)10-11-22(20)31-13-12-16-6-8-18(9-7-16)17-4-2-1-3-5-17/h1-11,14,21H,12-13,15,25H2,(H,26,27)(H2,28,29,30)/t21-/m0/s1. The van der Waals surface area contributed by atoms with Crippen molar-refractivity contribution in [3.63, 3.8) is 0 Å². The van der Waals surface area contributed by atoms with Crippen molar-refractivity contribution in [2.75, 3.05) is 18.5 Å². The highest BCUT2D eigenvalue weighted by Gasteiger charge is 2.21. The zero-order valence-corrected chi connectivity index (χ0v) is 20.0. The Morgan fingerprint density at radius 3 is 2.33 bits per heavy atom. The Morgan fingerprint density at radius 1 is 1.03 bits per heavy atom. The van der Waals surface area contributed by atoms with Crippen molar-refractivity contribution in [3.8, 4) is 16.9 Å². The second kappa shape index (κ2) is 11.6. The predicted octanol–water partition coefficient (Wildman–Crippen LogP) is 4.11. The van der Waals surface area contributed by atoms with Gasteiger partial charge in [-0.15, -0.1) is 0 Å². The van der Waals surface area contributed by atoms with E-state index < -0.39 is 26.4 Å². The molecule has 1 amide bonds. The molecule has 0 saturated heterocycles. The number of phosphoric ester groups is 1. The molecule has 3 rings (SSSR count). The van der Waals surface area contributed by atoms with Crippen molar-refractivity contribution in [2.24, 2.45) is 5.73 Å². The highest BCUT2D eigenvalue weighted by molar-refractivity contribution is 9.10. The molecule has 33 heavy (non-hydrogen) atoms. The highest BCUT2D eigenvalue weighted by atomic mass is 79.9. The third kappa shape index (κ3) is 8.08. The van der Waals surface area contributed by atoms with Crippen molar-refractivity contribution in [2.45, 2.75) is 12.5 Å². The van der Waals surface area contributed by atoms with Crippen molar-refractivity contribution in [1.29, 1.82) is 0 Å². The van der Waals surface area contributed by atoms with Gasteiger partial charge in [-0.1, -0.05) is 54.6 Å². The lowest BCUT2D eigenvalue weighted by Crippen LogP contribution is -2.39. The number of ether oxygens (including phenoxy) is 1. The van der Waals surface area contributed by atoms with Crippen LogP contribution < -0.4 is 15.8 Å². The Kier molecular flexibility index (Phi) is 8.80. The van der Waals surface area contributed by atoms with Crippen LogP contribution >= 0.6 is 23.8 Å². The maximum Gasteiger partial charge on any atom is 0.469 e. The molecular formula is C23H24BrN2O6P. The first-order chi connectivity index (χ1) is 15.7. The van der Waals surface area contributed by atoms with E-state index in [0.717, 1.165) is 17.5 Å². The average molecular weight is 535 g/mol. The fraction of sp³-hybridized carbons (Fsp3) is 0.174. The topological polar surface area (TPSA) is 131 Å². The Morgan fingerprint density at radius 2 is 1.70 bits per heavy atom. The summed E-state index contributed by atoms with van der Waals surface area (Å²) in [6.07, 6.45) is 0.731. The van der Waals surface area contributed by atoms with Gasteiger partial charge in [-0.2, -0.15) is 0 Å². The summed E-state index contributed by atoms with van der Waals surface area (Å²) in [7, 11) is -4.69. The van der Waals surface area contributed by atoms with Crippen LogP contribution in [-0.4, -0.2) is 34.9 Å². The number of nitrogens with two attached hydrogens (primary N) is 1. The number of hydrogen-bond acceptors (Lipinski definition) is 5. The lowest BCUT2D eigenvalue weighted by atomic mass is 10.0. The third-order valence-corrected chi connectivity index (χ3v) is 5.77. The molecule has 174 valence electrons. The number of phosphoric acid groups is 1. The van der Waals surface area contributed by atoms with Crippen LogP contribution in [0.25, 0.3) is 11.1 Å². The van der Waals surface area contributed by atoms with Crippen LogP contribution in [0.15, 0.2) is 77.3 Å². The summed E-state index contributed by atoms with van der Waals surface area (Å²) in [5, 5.41) is 2.56. The summed E-state index contributed by atoms with van der Waals surface area (Å²) in [5.74, 6) is -0.0222. The average Bonchev–Trinajstić information content (AvgIpc) is 2.79. The second-order valence-corrected chi connectivity index (χ2v) is 9.28. The van der Waals surface area contributed by atoms with Crippen molar-refractivity contribution in [1.82, 2.24) is 0 Å². The largest absolute Gasteiger partial charge is 0.492 e. The quantitative estimate of drug-likeness (QED) is 0.288. The van der Waals surface area contributed by atoms with Crippen molar-refractivity contribution < 1.29 is 28.4 Å². The molecule has 5 N–H and O–H groups in total. The maximum absolute atomic E-state index is 12.1. The number of rotatable bonds is 10. The molecule has 0 aliphatic carbocycles. The molecule has 0 aromatic heterocycles. The number of halogens is 1. The molecule has 8 nitrogen and oxygen atoms in total. The lowest BCUT2D eigenvalue weighted by Gasteiger charge is -2.14. The Balaban J connectivity index is 1.49. The normalized spacial score (nSPS) is 12.2.